The molecule has 0 saturated heterocycles. The Morgan fingerprint density at radius 1 is 1.35 bits per heavy atom. The summed E-state index contributed by atoms with van der Waals surface area (Å²) < 4.78 is 0. The van der Waals surface area contributed by atoms with Crippen molar-refractivity contribution in [3.05, 3.63) is 27.4 Å². The van der Waals surface area contributed by atoms with Gasteiger partial charge in [0.1, 0.15) is 5.82 Å². The second-order valence-electron chi connectivity index (χ2n) is 6.30. The highest BCUT2D eigenvalue weighted by Crippen LogP contribution is 2.29. The molecular formula is C16H27N3O. The summed E-state index contributed by atoms with van der Waals surface area (Å²) in [4.78, 5) is 19.3. The number of H-pyrrole nitrogens is 1. The Kier molecular flexibility index (Phi) is 4.97. The fraction of sp³-hybridized carbons (Fsp3) is 0.750. The molecule has 2 rings (SSSR count). The standard InChI is InChI=1S/C16H27N3O/c1-10-7-5-6-8-14(10)9-17-11(2)15-12(3)18-13(4)19-16(15)20/h10-11,14,17H,5-9H2,1-4H3,(H,18,19,20). The summed E-state index contributed by atoms with van der Waals surface area (Å²) in [6.45, 7) is 9.14. The molecule has 0 spiro atoms. The van der Waals surface area contributed by atoms with Crippen LogP contribution in [0.4, 0.5) is 0 Å². The molecule has 0 aliphatic heterocycles. The molecule has 0 amide bonds. The van der Waals surface area contributed by atoms with Gasteiger partial charge in [0.05, 0.1) is 5.56 Å². The Labute approximate surface area is 121 Å². The van der Waals surface area contributed by atoms with Crippen LogP contribution >= 0.6 is 0 Å². The molecule has 1 saturated carbocycles. The van der Waals surface area contributed by atoms with Crippen LogP contribution < -0.4 is 10.9 Å². The van der Waals surface area contributed by atoms with E-state index in [1.54, 1.807) is 0 Å². The van der Waals surface area contributed by atoms with E-state index in [-0.39, 0.29) is 11.6 Å². The molecule has 1 aliphatic carbocycles. The lowest BCUT2D eigenvalue weighted by Gasteiger charge is -2.30. The second-order valence-corrected chi connectivity index (χ2v) is 6.30. The number of hydrogen-bond acceptors (Lipinski definition) is 3. The molecule has 20 heavy (non-hydrogen) atoms. The summed E-state index contributed by atoms with van der Waals surface area (Å²) in [5.41, 5.74) is 1.61. The average Bonchev–Trinajstić information content (AvgIpc) is 2.36. The van der Waals surface area contributed by atoms with E-state index in [2.05, 4.69) is 29.1 Å². The predicted octanol–water partition coefficient (Wildman–Crippen LogP) is 2.86. The summed E-state index contributed by atoms with van der Waals surface area (Å²) in [7, 11) is 0. The number of rotatable bonds is 4. The fourth-order valence-corrected chi connectivity index (χ4v) is 3.37. The molecule has 0 bridgehead atoms. The van der Waals surface area contributed by atoms with Gasteiger partial charge in [-0.1, -0.05) is 26.2 Å². The number of aryl methyl sites for hydroxylation is 2. The van der Waals surface area contributed by atoms with Crippen LogP contribution in [0.25, 0.3) is 0 Å². The minimum atomic E-state index is -0.00769. The molecule has 112 valence electrons. The van der Waals surface area contributed by atoms with Crippen molar-refractivity contribution < 1.29 is 0 Å². The Morgan fingerprint density at radius 3 is 2.70 bits per heavy atom. The first-order chi connectivity index (χ1) is 9.49. The quantitative estimate of drug-likeness (QED) is 0.889. The maximum Gasteiger partial charge on any atom is 0.255 e. The Balaban J connectivity index is 2.01. The Morgan fingerprint density at radius 2 is 2.05 bits per heavy atom. The maximum absolute atomic E-state index is 12.1. The maximum atomic E-state index is 12.1. The first-order valence-electron chi connectivity index (χ1n) is 7.80. The third-order valence-electron chi connectivity index (χ3n) is 4.67. The molecule has 3 atom stereocenters. The molecule has 1 aromatic rings. The van der Waals surface area contributed by atoms with Crippen molar-refractivity contribution in [2.45, 2.75) is 59.4 Å². The number of nitrogens with one attached hydrogen (secondary N) is 2. The van der Waals surface area contributed by atoms with Crippen LogP contribution in [0.1, 0.15) is 62.7 Å². The molecule has 0 aromatic carbocycles. The van der Waals surface area contributed by atoms with E-state index >= 15 is 0 Å². The lowest BCUT2D eigenvalue weighted by Crippen LogP contribution is -2.34. The van der Waals surface area contributed by atoms with Gasteiger partial charge in [0.2, 0.25) is 0 Å². The van der Waals surface area contributed by atoms with Gasteiger partial charge in [0.15, 0.2) is 0 Å². The van der Waals surface area contributed by atoms with Crippen LogP contribution in [0.3, 0.4) is 0 Å². The van der Waals surface area contributed by atoms with Gasteiger partial charge in [-0.3, -0.25) is 4.79 Å². The van der Waals surface area contributed by atoms with E-state index in [1.165, 1.54) is 25.7 Å². The van der Waals surface area contributed by atoms with Gasteiger partial charge in [-0.15, -0.1) is 0 Å². The molecule has 2 N–H and O–H groups in total. The topological polar surface area (TPSA) is 57.8 Å². The van der Waals surface area contributed by atoms with E-state index in [4.69, 9.17) is 0 Å². The first-order valence-corrected chi connectivity index (χ1v) is 7.80. The zero-order valence-corrected chi connectivity index (χ0v) is 13.1. The van der Waals surface area contributed by atoms with Gasteiger partial charge in [0, 0.05) is 11.7 Å². The number of aromatic amines is 1. The van der Waals surface area contributed by atoms with E-state index in [1.807, 2.05) is 13.8 Å². The van der Waals surface area contributed by atoms with Gasteiger partial charge >= 0.3 is 0 Å². The van der Waals surface area contributed by atoms with Crippen LogP contribution in [0.15, 0.2) is 4.79 Å². The Bertz CT molecular complexity index is 509. The van der Waals surface area contributed by atoms with Crippen molar-refractivity contribution in [2.24, 2.45) is 11.8 Å². The molecule has 4 nitrogen and oxygen atoms in total. The molecule has 1 aromatic heterocycles. The highest BCUT2D eigenvalue weighted by Gasteiger charge is 2.22. The summed E-state index contributed by atoms with van der Waals surface area (Å²) in [5.74, 6) is 2.22. The smallest absolute Gasteiger partial charge is 0.255 e. The summed E-state index contributed by atoms with van der Waals surface area (Å²) in [5, 5.41) is 3.54. The van der Waals surface area contributed by atoms with Crippen LogP contribution in [0.2, 0.25) is 0 Å². The van der Waals surface area contributed by atoms with E-state index in [0.29, 0.717) is 5.82 Å². The molecule has 1 heterocycles. The highest BCUT2D eigenvalue weighted by molar-refractivity contribution is 5.19. The van der Waals surface area contributed by atoms with Crippen molar-refractivity contribution in [3.63, 3.8) is 0 Å². The third-order valence-corrected chi connectivity index (χ3v) is 4.67. The molecule has 3 unspecified atom stereocenters. The minimum absolute atomic E-state index is 0.00769. The van der Waals surface area contributed by atoms with Crippen LogP contribution in [0, 0.1) is 25.7 Å². The summed E-state index contributed by atoms with van der Waals surface area (Å²) in [6, 6.07) is 0.0565. The highest BCUT2D eigenvalue weighted by atomic mass is 16.1. The van der Waals surface area contributed by atoms with Crippen molar-refractivity contribution >= 4 is 0 Å². The zero-order chi connectivity index (χ0) is 14.7. The second kappa shape index (κ2) is 6.53. The lowest BCUT2D eigenvalue weighted by atomic mass is 9.80. The normalized spacial score (nSPS) is 24.6. The first kappa shape index (κ1) is 15.2. The largest absolute Gasteiger partial charge is 0.310 e. The predicted molar refractivity (Wildman–Crippen MR) is 81.9 cm³/mol. The van der Waals surface area contributed by atoms with Crippen LogP contribution in [-0.4, -0.2) is 16.5 Å². The van der Waals surface area contributed by atoms with Gasteiger partial charge in [-0.2, -0.15) is 0 Å². The van der Waals surface area contributed by atoms with Crippen molar-refractivity contribution in [2.75, 3.05) is 6.54 Å². The fourth-order valence-electron chi connectivity index (χ4n) is 3.37. The number of hydrogen-bond donors (Lipinski definition) is 2. The van der Waals surface area contributed by atoms with E-state index in [9.17, 15) is 4.79 Å². The average molecular weight is 277 g/mol. The summed E-state index contributed by atoms with van der Waals surface area (Å²) in [6.07, 6.45) is 5.36. The third kappa shape index (κ3) is 3.48. The summed E-state index contributed by atoms with van der Waals surface area (Å²) >= 11 is 0. The van der Waals surface area contributed by atoms with Crippen molar-refractivity contribution in [3.8, 4) is 0 Å². The van der Waals surface area contributed by atoms with Crippen LogP contribution in [0.5, 0.6) is 0 Å². The SMILES string of the molecule is Cc1nc(C)c(C(C)NCC2CCCCC2C)c(=O)[nH]1. The molecule has 0 radical (unpaired) electrons. The number of nitrogens with zero attached hydrogens (tertiary/aromatic N) is 1. The Hall–Kier alpha value is -1.16. The molecule has 4 heteroatoms. The number of aromatic nitrogens is 2. The monoisotopic (exact) mass is 277 g/mol. The lowest BCUT2D eigenvalue weighted by molar-refractivity contribution is 0.242. The van der Waals surface area contributed by atoms with Gasteiger partial charge in [-0.05, 0) is 45.6 Å². The van der Waals surface area contributed by atoms with Crippen molar-refractivity contribution in [1.82, 2.24) is 15.3 Å². The minimum Gasteiger partial charge on any atom is -0.310 e. The molecule has 1 fully saturated rings. The van der Waals surface area contributed by atoms with E-state index < -0.39 is 0 Å². The zero-order valence-electron chi connectivity index (χ0n) is 13.1. The van der Waals surface area contributed by atoms with Crippen LogP contribution in [-0.2, 0) is 0 Å². The van der Waals surface area contributed by atoms with Crippen molar-refractivity contribution in [1.29, 1.82) is 0 Å². The van der Waals surface area contributed by atoms with Gasteiger partial charge in [-0.25, -0.2) is 4.98 Å². The molecule has 1 aliphatic rings. The van der Waals surface area contributed by atoms with Gasteiger partial charge < -0.3 is 10.3 Å². The molecular weight excluding hydrogens is 250 g/mol. The van der Waals surface area contributed by atoms with E-state index in [0.717, 1.165) is 29.6 Å². The van der Waals surface area contributed by atoms with Gasteiger partial charge in [0.25, 0.3) is 5.56 Å².